The Morgan fingerprint density at radius 1 is 0.933 bits per heavy atom. The second-order valence-electron chi connectivity index (χ2n) is 6.16. The summed E-state index contributed by atoms with van der Waals surface area (Å²) >= 11 is 0. The molecule has 0 aliphatic rings. The molecule has 0 unspecified atom stereocenters. The number of alkyl halides is 3. The molecule has 3 aromatic rings. The normalized spacial score (nSPS) is 12.1. The molecule has 1 aromatic heterocycles. The topological polar surface area (TPSA) is 76.1 Å². The summed E-state index contributed by atoms with van der Waals surface area (Å²) in [7, 11) is -3.99. The molecule has 1 N–H and O–H groups in total. The lowest BCUT2D eigenvalue weighted by atomic mass is 10.2. The number of hydrogen-bond donors (Lipinski definition) is 1. The number of halogens is 3. The minimum atomic E-state index is -4.55. The van der Waals surface area contributed by atoms with E-state index in [9.17, 15) is 26.4 Å². The molecule has 1 heterocycles. The van der Waals surface area contributed by atoms with Crippen LogP contribution in [0, 0.1) is 0 Å². The van der Waals surface area contributed by atoms with E-state index in [0.29, 0.717) is 5.69 Å². The van der Waals surface area contributed by atoms with Crippen molar-refractivity contribution in [3.8, 4) is 0 Å². The third kappa shape index (κ3) is 5.12. The number of anilines is 1. The zero-order valence-corrected chi connectivity index (χ0v) is 16.1. The van der Waals surface area contributed by atoms with E-state index in [1.165, 1.54) is 30.3 Å². The van der Waals surface area contributed by atoms with E-state index in [1.54, 1.807) is 30.6 Å². The first-order valence-electron chi connectivity index (χ1n) is 8.58. The molecule has 30 heavy (non-hydrogen) atoms. The number of pyridine rings is 1. The highest BCUT2D eigenvalue weighted by Gasteiger charge is 2.30. The van der Waals surface area contributed by atoms with Crippen LogP contribution >= 0.6 is 0 Å². The van der Waals surface area contributed by atoms with E-state index in [4.69, 9.17) is 0 Å². The molecule has 0 aliphatic heterocycles. The Hall–Kier alpha value is -3.46. The number of amides is 1. The van der Waals surface area contributed by atoms with Crippen molar-refractivity contribution >= 4 is 27.5 Å². The number of hydrogen-bond acceptors (Lipinski definition) is 4. The number of nitrogens with zero attached hydrogens (tertiary/aromatic N) is 1. The van der Waals surface area contributed by atoms with Crippen LogP contribution in [0.5, 0.6) is 0 Å². The van der Waals surface area contributed by atoms with Crippen molar-refractivity contribution in [1.29, 1.82) is 0 Å². The van der Waals surface area contributed by atoms with Crippen molar-refractivity contribution in [1.82, 2.24) is 4.98 Å². The average Bonchev–Trinajstić information content (AvgIpc) is 2.73. The smallest absolute Gasteiger partial charge is 0.323 e. The molecule has 9 heteroatoms. The fraction of sp³-hybridized carbons (Fsp3) is 0.0476. The molecule has 0 saturated heterocycles. The van der Waals surface area contributed by atoms with Crippen LogP contribution < -0.4 is 5.32 Å². The monoisotopic (exact) mass is 432 g/mol. The van der Waals surface area contributed by atoms with Gasteiger partial charge in [-0.2, -0.15) is 13.2 Å². The van der Waals surface area contributed by atoms with Gasteiger partial charge in [0, 0.05) is 24.2 Å². The first kappa shape index (κ1) is 21.3. The van der Waals surface area contributed by atoms with Crippen molar-refractivity contribution < 1.29 is 26.4 Å². The van der Waals surface area contributed by atoms with Gasteiger partial charge in [0.2, 0.25) is 15.7 Å². The highest BCUT2D eigenvalue weighted by molar-refractivity contribution is 7.91. The van der Waals surface area contributed by atoms with Crippen molar-refractivity contribution in [2.45, 2.75) is 16.0 Å². The van der Waals surface area contributed by atoms with Crippen LogP contribution in [-0.2, 0) is 20.8 Å². The lowest BCUT2D eigenvalue weighted by molar-refractivity contribution is -0.137. The molecule has 154 valence electrons. The zero-order valence-electron chi connectivity index (χ0n) is 15.3. The molecule has 0 atom stereocenters. The first-order valence-corrected chi connectivity index (χ1v) is 10.1. The van der Waals surface area contributed by atoms with Crippen LogP contribution in [0.4, 0.5) is 18.9 Å². The summed E-state index contributed by atoms with van der Waals surface area (Å²) in [4.78, 5) is 15.5. The van der Waals surface area contributed by atoms with E-state index >= 15 is 0 Å². The zero-order chi connectivity index (χ0) is 21.8. The largest absolute Gasteiger partial charge is 0.416 e. The maximum absolute atomic E-state index is 12.6. The Labute approximate surface area is 170 Å². The fourth-order valence-electron chi connectivity index (χ4n) is 2.51. The SMILES string of the molecule is O=C(C=Cc1cccnc1)Nc1ccc(S(=O)(=O)c2ccc(C(F)(F)F)cc2)cc1. The molecule has 0 bridgehead atoms. The summed E-state index contributed by atoms with van der Waals surface area (Å²) in [5, 5.41) is 2.59. The van der Waals surface area contributed by atoms with Gasteiger partial charge < -0.3 is 5.32 Å². The number of sulfone groups is 1. The summed E-state index contributed by atoms with van der Waals surface area (Å²) in [5.74, 6) is -0.419. The molecule has 0 radical (unpaired) electrons. The minimum absolute atomic E-state index is 0.105. The maximum Gasteiger partial charge on any atom is 0.416 e. The van der Waals surface area contributed by atoms with Gasteiger partial charge >= 0.3 is 6.18 Å². The lowest BCUT2D eigenvalue weighted by Gasteiger charge is -2.09. The second-order valence-corrected chi connectivity index (χ2v) is 8.11. The summed E-state index contributed by atoms with van der Waals surface area (Å²) in [6.45, 7) is 0. The summed E-state index contributed by atoms with van der Waals surface area (Å²) < 4.78 is 63.1. The van der Waals surface area contributed by atoms with Crippen molar-refractivity contribution in [3.63, 3.8) is 0 Å². The third-order valence-corrected chi connectivity index (χ3v) is 5.82. The van der Waals surface area contributed by atoms with Crippen molar-refractivity contribution in [3.05, 3.63) is 90.3 Å². The standard InChI is InChI=1S/C21H15F3N2O3S/c22-21(23,24)16-4-8-18(9-5-16)30(28,29)19-10-6-17(7-11-19)26-20(27)12-3-15-2-1-13-25-14-15/h1-14H,(H,26,27). The highest BCUT2D eigenvalue weighted by atomic mass is 32.2. The fourth-order valence-corrected chi connectivity index (χ4v) is 3.77. The number of nitrogens with one attached hydrogen (secondary N) is 1. The molecular weight excluding hydrogens is 417 g/mol. The molecular formula is C21H15F3N2O3S. The highest BCUT2D eigenvalue weighted by Crippen LogP contribution is 2.31. The van der Waals surface area contributed by atoms with E-state index in [-0.39, 0.29) is 9.79 Å². The quantitative estimate of drug-likeness (QED) is 0.599. The van der Waals surface area contributed by atoms with Crippen molar-refractivity contribution in [2.24, 2.45) is 0 Å². The second kappa shape index (κ2) is 8.50. The van der Waals surface area contributed by atoms with Crippen LogP contribution in [0.3, 0.4) is 0 Å². The molecule has 2 aromatic carbocycles. The Balaban J connectivity index is 1.71. The Morgan fingerprint density at radius 3 is 2.07 bits per heavy atom. The van der Waals surface area contributed by atoms with E-state index in [1.807, 2.05) is 0 Å². The van der Waals surface area contributed by atoms with Crippen molar-refractivity contribution in [2.75, 3.05) is 5.32 Å². The van der Waals surface area contributed by atoms with Crippen LogP contribution in [0.25, 0.3) is 6.08 Å². The molecule has 1 amide bonds. The van der Waals surface area contributed by atoms with Crippen LogP contribution in [0.1, 0.15) is 11.1 Å². The molecule has 5 nitrogen and oxygen atoms in total. The lowest BCUT2D eigenvalue weighted by Crippen LogP contribution is -2.09. The molecule has 0 saturated carbocycles. The maximum atomic E-state index is 12.6. The number of carbonyl (C=O) groups excluding carboxylic acids is 1. The van der Waals surface area contributed by atoms with Gasteiger partial charge in [-0.1, -0.05) is 6.07 Å². The predicted molar refractivity (Wildman–Crippen MR) is 105 cm³/mol. The van der Waals surface area contributed by atoms with Gasteiger partial charge in [0.1, 0.15) is 0 Å². The third-order valence-electron chi connectivity index (χ3n) is 4.04. The van der Waals surface area contributed by atoms with Gasteiger partial charge in [0.05, 0.1) is 15.4 Å². The summed E-state index contributed by atoms with van der Waals surface area (Å²) in [5.41, 5.74) is 0.173. The van der Waals surface area contributed by atoms with E-state index in [0.717, 1.165) is 29.8 Å². The predicted octanol–water partition coefficient (Wildman–Crippen LogP) is 4.59. The van der Waals surface area contributed by atoms with Gasteiger partial charge in [0.25, 0.3) is 0 Å². The van der Waals surface area contributed by atoms with Gasteiger partial charge in [-0.05, 0) is 66.2 Å². The van der Waals surface area contributed by atoms with Gasteiger partial charge in [0.15, 0.2) is 0 Å². The van der Waals surface area contributed by atoms with E-state index < -0.39 is 27.5 Å². The van der Waals surface area contributed by atoms with Crippen LogP contribution in [0.2, 0.25) is 0 Å². The van der Waals surface area contributed by atoms with Gasteiger partial charge in [-0.15, -0.1) is 0 Å². The average molecular weight is 432 g/mol. The number of aromatic nitrogens is 1. The van der Waals surface area contributed by atoms with Crippen LogP contribution in [-0.4, -0.2) is 19.3 Å². The molecule has 0 aliphatic carbocycles. The van der Waals surface area contributed by atoms with Crippen LogP contribution in [0.15, 0.2) is 88.9 Å². The molecule has 0 spiro atoms. The number of carbonyl (C=O) groups is 1. The molecule has 0 fully saturated rings. The van der Waals surface area contributed by atoms with Gasteiger partial charge in [-0.25, -0.2) is 8.42 Å². The summed E-state index contributed by atoms with van der Waals surface area (Å²) in [6, 6.07) is 12.1. The van der Waals surface area contributed by atoms with Gasteiger partial charge in [-0.3, -0.25) is 9.78 Å². The Kier molecular flexibility index (Phi) is 6.02. The number of benzene rings is 2. The minimum Gasteiger partial charge on any atom is -0.323 e. The summed E-state index contributed by atoms with van der Waals surface area (Å²) in [6.07, 6.45) is 1.53. The van der Waals surface area contributed by atoms with E-state index in [2.05, 4.69) is 10.3 Å². The Morgan fingerprint density at radius 2 is 1.53 bits per heavy atom. The number of rotatable bonds is 5. The Bertz CT molecular complexity index is 1160. The molecule has 3 rings (SSSR count). The first-order chi connectivity index (χ1) is 14.2.